The van der Waals surface area contributed by atoms with Crippen molar-refractivity contribution in [2.45, 2.75) is 44.2 Å². The van der Waals surface area contributed by atoms with E-state index in [2.05, 4.69) is 10.4 Å². The molecule has 2 aromatic heterocycles. The topological polar surface area (TPSA) is 81.1 Å². The number of amides is 1. The molecule has 2 fully saturated rings. The van der Waals surface area contributed by atoms with E-state index in [1.54, 1.807) is 22.1 Å². The molecule has 0 bridgehead atoms. The van der Waals surface area contributed by atoms with E-state index >= 15 is 0 Å². The average Bonchev–Trinajstić information content (AvgIpc) is 3.33. The summed E-state index contributed by atoms with van der Waals surface area (Å²) in [4.78, 5) is 13.6. The Hall–Kier alpha value is -1.67. The quantitative estimate of drug-likeness (QED) is 0.885. The Bertz CT molecular complexity index is 865. The first-order valence-electron chi connectivity index (χ1n) is 8.66. The van der Waals surface area contributed by atoms with Gasteiger partial charge in [-0.15, -0.1) is 11.3 Å². The molecule has 2 aliphatic rings. The summed E-state index contributed by atoms with van der Waals surface area (Å²) in [5, 5.41) is 9.53. The van der Waals surface area contributed by atoms with Gasteiger partial charge in [0, 0.05) is 6.04 Å². The van der Waals surface area contributed by atoms with Crippen molar-refractivity contribution in [2.24, 2.45) is 0 Å². The number of carbonyl (C=O) groups is 1. The molecular formula is C17H21N3O3S2. The fourth-order valence-corrected chi connectivity index (χ4v) is 6.12. The molecule has 1 amide bonds. The number of thiophene rings is 1. The van der Waals surface area contributed by atoms with Crippen molar-refractivity contribution in [1.29, 1.82) is 0 Å². The molecule has 1 unspecified atom stereocenters. The highest BCUT2D eigenvalue weighted by molar-refractivity contribution is 7.91. The fourth-order valence-electron chi connectivity index (χ4n) is 3.69. The highest BCUT2D eigenvalue weighted by Gasteiger charge is 2.32. The van der Waals surface area contributed by atoms with Crippen LogP contribution in [0.2, 0.25) is 0 Å². The number of rotatable bonds is 4. The Balaban J connectivity index is 1.65. The van der Waals surface area contributed by atoms with Crippen LogP contribution < -0.4 is 5.32 Å². The van der Waals surface area contributed by atoms with E-state index in [-0.39, 0.29) is 29.5 Å². The van der Waals surface area contributed by atoms with Crippen LogP contribution in [-0.2, 0) is 9.84 Å². The zero-order chi connectivity index (χ0) is 17.4. The molecule has 1 aliphatic heterocycles. The second-order valence-electron chi connectivity index (χ2n) is 6.85. The molecule has 1 atom stereocenters. The third-order valence-electron chi connectivity index (χ3n) is 4.99. The Morgan fingerprint density at radius 2 is 2.08 bits per heavy atom. The predicted molar refractivity (Wildman–Crippen MR) is 97.6 cm³/mol. The van der Waals surface area contributed by atoms with Gasteiger partial charge in [0.2, 0.25) is 0 Å². The van der Waals surface area contributed by atoms with Gasteiger partial charge >= 0.3 is 0 Å². The Labute approximate surface area is 151 Å². The standard InChI is InChI=1S/C17H21N3O3S2/c21-17(18-12-4-1-2-5-12)14-10-15(16-6-3-8-24-16)20(19-14)13-7-9-25(22,23)11-13/h3,6,8,10,12-13H,1-2,4-5,7,9,11H2,(H,18,21). The zero-order valence-electron chi connectivity index (χ0n) is 13.8. The van der Waals surface area contributed by atoms with Crippen molar-refractivity contribution in [3.8, 4) is 10.6 Å². The van der Waals surface area contributed by atoms with Crippen LogP contribution in [0.5, 0.6) is 0 Å². The summed E-state index contributed by atoms with van der Waals surface area (Å²) in [5.41, 5.74) is 1.20. The van der Waals surface area contributed by atoms with Gasteiger partial charge in [-0.2, -0.15) is 5.10 Å². The fraction of sp³-hybridized carbons (Fsp3) is 0.529. The summed E-state index contributed by atoms with van der Waals surface area (Å²) in [5.74, 6) is 0.117. The van der Waals surface area contributed by atoms with Gasteiger partial charge in [-0.05, 0) is 36.8 Å². The minimum atomic E-state index is -3.02. The van der Waals surface area contributed by atoms with Crippen molar-refractivity contribution in [2.75, 3.05) is 11.5 Å². The molecule has 8 heteroatoms. The summed E-state index contributed by atoms with van der Waals surface area (Å²) in [7, 11) is -3.02. The number of carbonyl (C=O) groups excluding carboxylic acids is 1. The minimum absolute atomic E-state index is 0.0940. The zero-order valence-corrected chi connectivity index (χ0v) is 15.5. The molecule has 1 saturated carbocycles. The molecule has 25 heavy (non-hydrogen) atoms. The van der Waals surface area contributed by atoms with E-state index in [1.807, 2.05) is 17.5 Å². The SMILES string of the molecule is O=C(NC1CCCC1)c1cc(-c2cccs2)n(C2CCS(=O)(=O)C2)n1. The molecule has 1 aliphatic carbocycles. The van der Waals surface area contributed by atoms with Gasteiger partial charge in [0.25, 0.3) is 5.91 Å². The highest BCUT2D eigenvalue weighted by Crippen LogP contribution is 2.32. The molecule has 0 radical (unpaired) electrons. The number of hydrogen-bond donors (Lipinski definition) is 1. The maximum absolute atomic E-state index is 12.6. The van der Waals surface area contributed by atoms with Crippen molar-refractivity contribution < 1.29 is 13.2 Å². The third kappa shape index (κ3) is 3.50. The molecule has 3 heterocycles. The Kier molecular flexibility index (Phi) is 4.41. The lowest BCUT2D eigenvalue weighted by Gasteiger charge is -2.12. The average molecular weight is 380 g/mol. The first kappa shape index (κ1) is 16.8. The molecule has 6 nitrogen and oxygen atoms in total. The van der Waals surface area contributed by atoms with Gasteiger partial charge in [-0.1, -0.05) is 18.9 Å². The van der Waals surface area contributed by atoms with E-state index in [0.29, 0.717) is 12.1 Å². The summed E-state index contributed by atoms with van der Waals surface area (Å²) >= 11 is 1.56. The van der Waals surface area contributed by atoms with Crippen molar-refractivity contribution in [1.82, 2.24) is 15.1 Å². The van der Waals surface area contributed by atoms with Crippen LogP contribution in [0.15, 0.2) is 23.6 Å². The van der Waals surface area contributed by atoms with Gasteiger partial charge < -0.3 is 5.32 Å². The van der Waals surface area contributed by atoms with Gasteiger partial charge in [0.05, 0.1) is 28.1 Å². The number of nitrogens with zero attached hydrogens (tertiary/aromatic N) is 2. The van der Waals surface area contributed by atoms with Gasteiger partial charge in [0.1, 0.15) is 0 Å². The van der Waals surface area contributed by atoms with E-state index in [1.165, 1.54) is 0 Å². The lowest BCUT2D eigenvalue weighted by molar-refractivity contribution is 0.0931. The van der Waals surface area contributed by atoms with Crippen LogP contribution in [0.25, 0.3) is 10.6 Å². The van der Waals surface area contributed by atoms with Crippen LogP contribution in [0.3, 0.4) is 0 Å². The monoisotopic (exact) mass is 379 g/mol. The summed E-state index contributed by atoms with van der Waals surface area (Å²) in [6.07, 6.45) is 4.89. The second kappa shape index (κ2) is 6.57. The highest BCUT2D eigenvalue weighted by atomic mass is 32.2. The molecule has 0 spiro atoms. The minimum Gasteiger partial charge on any atom is -0.348 e. The van der Waals surface area contributed by atoms with Gasteiger partial charge in [-0.3, -0.25) is 9.48 Å². The first-order chi connectivity index (χ1) is 12.0. The van der Waals surface area contributed by atoms with E-state index in [4.69, 9.17) is 0 Å². The smallest absolute Gasteiger partial charge is 0.272 e. The van der Waals surface area contributed by atoms with Gasteiger partial charge in [-0.25, -0.2) is 8.42 Å². The first-order valence-corrected chi connectivity index (χ1v) is 11.4. The number of sulfone groups is 1. The normalized spacial score (nSPS) is 23.1. The molecule has 0 aromatic carbocycles. The van der Waals surface area contributed by atoms with Crippen LogP contribution >= 0.6 is 11.3 Å². The molecule has 134 valence electrons. The maximum Gasteiger partial charge on any atom is 0.272 e. The summed E-state index contributed by atoms with van der Waals surface area (Å²) in [6, 6.07) is 5.74. The van der Waals surface area contributed by atoms with Crippen molar-refractivity contribution in [3.05, 3.63) is 29.3 Å². The third-order valence-corrected chi connectivity index (χ3v) is 7.63. The van der Waals surface area contributed by atoms with Crippen LogP contribution in [0, 0.1) is 0 Å². The van der Waals surface area contributed by atoms with E-state index in [9.17, 15) is 13.2 Å². The molecule has 2 aromatic rings. The largest absolute Gasteiger partial charge is 0.348 e. The van der Waals surface area contributed by atoms with Gasteiger partial charge in [0.15, 0.2) is 15.5 Å². The predicted octanol–water partition coefficient (Wildman–Crippen LogP) is 2.64. The van der Waals surface area contributed by atoms with Crippen LogP contribution in [-0.4, -0.2) is 41.7 Å². The van der Waals surface area contributed by atoms with Crippen molar-refractivity contribution >= 4 is 27.1 Å². The Morgan fingerprint density at radius 3 is 2.72 bits per heavy atom. The summed E-state index contributed by atoms with van der Waals surface area (Å²) in [6.45, 7) is 0. The lowest BCUT2D eigenvalue weighted by Crippen LogP contribution is -2.33. The Morgan fingerprint density at radius 1 is 1.28 bits per heavy atom. The molecular weight excluding hydrogens is 358 g/mol. The molecule has 1 N–H and O–H groups in total. The van der Waals surface area contributed by atoms with E-state index in [0.717, 1.165) is 36.3 Å². The summed E-state index contributed by atoms with van der Waals surface area (Å²) < 4.78 is 25.5. The lowest BCUT2D eigenvalue weighted by atomic mass is 10.2. The maximum atomic E-state index is 12.6. The molecule has 4 rings (SSSR count). The van der Waals surface area contributed by atoms with Crippen molar-refractivity contribution in [3.63, 3.8) is 0 Å². The number of aromatic nitrogens is 2. The van der Waals surface area contributed by atoms with E-state index < -0.39 is 9.84 Å². The molecule has 1 saturated heterocycles. The van der Waals surface area contributed by atoms with Crippen LogP contribution in [0.1, 0.15) is 48.6 Å². The number of nitrogens with one attached hydrogen (secondary N) is 1. The second-order valence-corrected chi connectivity index (χ2v) is 10.0. The number of hydrogen-bond acceptors (Lipinski definition) is 5. The van der Waals surface area contributed by atoms with Crippen LogP contribution in [0.4, 0.5) is 0 Å².